The van der Waals surface area contributed by atoms with Crippen LogP contribution in [0.2, 0.25) is 5.02 Å². The quantitative estimate of drug-likeness (QED) is 0.644. The molecular weight excluding hydrogens is 405 g/mol. The summed E-state index contributed by atoms with van der Waals surface area (Å²) in [5.74, 6) is -1.27. The van der Waals surface area contributed by atoms with E-state index in [0.717, 1.165) is 18.4 Å². The van der Waals surface area contributed by atoms with Crippen LogP contribution in [-0.2, 0) is 14.4 Å². The van der Waals surface area contributed by atoms with Gasteiger partial charge >= 0.3 is 5.97 Å². The number of carbonyl (C=O) groups excluding carboxylic acids is 2. The first-order chi connectivity index (χ1) is 12.8. The lowest BCUT2D eigenvalue weighted by Crippen LogP contribution is -2.41. The van der Waals surface area contributed by atoms with Gasteiger partial charge in [0.25, 0.3) is 0 Å². The van der Waals surface area contributed by atoms with E-state index in [1.807, 2.05) is 4.90 Å². The van der Waals surface area contributed by atoms with Crippen molar-refractivity contribution in [3.8, 4) is 0 Å². The van der Waals surface area contributed by atoms with Crippen LogP contribution in [0.3, 0.4) is 0 Å². The van der Waals surface area contributed by atoms with Gasteiger partial charge in [-0.25, -0.2) is 0 Å². The number of nitrogens with zero attached hydrogens (tertiary/aromatic N) is 1. The molecule has 28 heavy (non-hydrogen) atoms. The average Bonchev–Trinajstić information content (AvgIpc) is 3.15. The van der Waals surface area contributed by atoms with Gasteiger partial charge in [0.05, 0.1) is 18.5 Å². The normalized spacial score (nSPS) is 23.6. The van der Waals surface area contributed by atoms with E-state index in [2.05, 4.69) is 10.6 Å². The highest BCUT2D eigenvalue weighted by Crippen LogP contribution is 2.48. The van der Waals surface area contributed by atoms with Crippen LogP contribution in [-0.4, -0.2) is 54.0 Å². The van der Waals surface area contributed by atoms with Crippen LogP contribution in [0, 0.1) is 18.3 Å². The summed E-state index contributed by atoms with van der Waals surface area (Å²) in [6.07, 6.45) is 2.50. The fraction of sp³-hybridized carbons (Fsp3) is 0.526. The van der Waals surface area contributed by atoms with Gasteiger partial charge in [-0.1, -0.05) is 24.1 Å². The molecule has 1 aromatic rings. The maximum absolute atomic E-state index is 12.2. The maximum atomic E-state index is 12.2. The molecule has 3 rings (SSSR count). The van der Waals surface area contributed by atoms with Crippen LogP contribution >= 0.6 is 24.0 Å². The number of benzene rings is 1. The Morgan fingerprint density at radius 2 is 2.07 bits per heavy atom. The van der Waals surface area contributed by atoms with Crippen LogP contribution in [0.5, 0.6) is 0 Å². The van der Waals surface area contributed by atoms with Gasteiger partial charge in [0.15, 0.2) is 0 Å². The molecule has 1 heterocycles. The number of fused-ring (bicyclic) bond motifs is 1. The van der Waals surface area contributed by atoms with E-state index in [0.29, 0.717) is 30.2 Å². The third-order valence-electron chi connectivity index (χ3n) is 5.72. The summed E-state index contributed by atoms with van der Waals surface area (Å²) in [6, 6.07) is 5.23. The van der Waals surface area contributed by atoms with Crippen molar-refractivity contribution in [2.24, 2.45) is 11.3 Å². The van der Waals surface area contributed by atoms with Crippen molar-refractivity contribution in [1.82, 2.24) is 10.2 Å². The predicted octanol–water partition coefficient (Wildman–Crippen LogP) is 2.31. The van der Waals surface area contributed by atoms with Crippen molar-refractivity contribution in [3.05, 3.63) is 28.8 Å². The largest absolute Gasteiger partial charge is 0.481 e. The third-order valence-corrected chi connectivity index (χ3v) is 6.13. The van der Waals surface area contributed by atoms with E-state index >= 15 is 0 Å². The first-order valence-electron chi connectivity index (χ1n) is 9.09. The number of amides is 2. The zero-order chi connectivity index (χ0) is 19.6. The lowest BCUT2D eigenvalue weighted by molar-refractivity contribution is -0.149. The van der Waals surface area contributed by atoms with E-state index < -0.39 is 11.4 Å². The number of halogens is 2. The zero-order valence-corrected chi connectivity index (χ0v) is 17.2. The molecule has 0 aromatic heterocycles. The molecule has 0 radical (unpaired) electrons. The van der Waals surface area contributed by atoms with Gasteiger partial charge in [-0.2, -0.15) is 0 Å². The lowest BCUT2D eigenvalue weighted by Gasteiger charge is -2.23. The molecule has 1 aromatic carbocycles. The van der Waals surface area contributed by atoms with E-state index in [-0.39, 0.29) is 43.2 Å². The van der Waals surface area contributed by atoms with E-state index in [9.17, 15) is 19.5 Å². The molecule has 9 heteroatoms. The first kappa shape index (κ1) is 22.5. The van der Waals surface area contributed by atoms with Crippen molar-refractivity contribution in [3.63, 3.8) is 0 Å². The highest BCUT2D eigenvalue weighted by molar-refractivity contribution is 6.31. The third kappa shape index (κ3) is 4.59. The smallest absolute Gasteiger partial charge is 0.311 e. The van der Waals surface area contributed by atoms with Crippen LogP contribution in [0.15, 0.2) is 18.2 Å². The summed E-state index contributed by atoms with van der Waals surface area (Å²) in [5.41, 5.74) is 0.667. The first-order valence-corrected chi connectivity index (χ1v) is 9.47. The van der Waals surface area contributed by atoms with E-state index in [1.54, 1.807) is 25.1 Å². The molecule has 2 atom stereocenters. The minimum Gasteiger partial charge on any atom is -0.481 e. The molecule has 0 spiro atoms. The molecule has 2 fully saturated rings. The summed E-state index contributed by atoms with van der Waals surface area (Å²) >= 11 is 6.03. The summed E-state index contributed by atoms with van der Waals surface area (Å²) in [7, 11) is 0. The molecule has 0 bridgehead atoms. The number of aliphatic carboxylic acids is 1. The molecular formula is C19H25Cl2N3O4. The predicted molar refractivity (Wildman–Crippen MR) is 109 cm³/mol. The van der Waals surface area contributed by atoms with Crippen LogP contribution in [0.1, 0.15) is 24.8 Å². The number of hydrogen-bond donors (Lipinski definition) is 3. The lowest BCUT2D eigenvalue weighted by atomic mass is 9.81. The van der Waals surface area contributed by atoms with Crippen molar-refractivity contribution >= 4 is 47.5 Å². The Bertz CT molecular complexity index is 774. The van der Waals surface area contributed by atoms with Crippen molar-refractivity contribution in [2.45, 2.75) is 26.2 Å². The number of rotatable bonds is 6. The second-order valence-corrected chi connectivity index (χ2v) is 7.86. The highest BCUT2D eigenvalue weighted by Gasteiger charge is 2.54. The van der Waals surface area contributed by atoms with E-state index in [1.165, 1.54) is 0 Å². The molecule has 3 N–H and O–H groups in total. The van der Waals surface area contributed by atoms with Gasteiger partial charge in [-0.3, -0.25) is 19.3 Å². The Morgan fingerprint density at radius 1 is 1.32 bits per heavy atom. The van der Waals surface area contributed by atoms with Gasteiger partial charge < -0.3 is 15.7 Å². The molecule has 1 aliphatic carbocycles. The Hall–Kier alpha value is -1.83. The van der Waals surface area contributed by atoms with Gasteiger partial charge in [-0.15, -0.1) is 12.4 Å². The minimum absolute atomic E-state index is 0. The standard InChI is InChI=1S/C19H24ClN3O4.ClH/c1-12-14(20)5-2-6-15(12)22-16(24)8-21-17(25)10-23-9-13-4-3-7-19(13,11-23)18(26)27;/h2,5-6,13H,3-4,7-11H2,1H3,(H,21,25)(H,22,24)(H,26,27);1H/t13-,19+;/m0./s1. The van der Waals surface area contributed by atoms with Crippen molar-refractivity contribution in [1.29, 1.82) is 0 Å². The van der Waals surface area contributed by atoms with Crippen molar-refractivity contribution in [2.75, 3.05) is 31.5 Å². The summed E-state index contributed by atoms with van der Waals surface area (Å²) in [4.78, 5) is 37.8. The Morgan fingerprint density at radius 3 is 2.75 bits per heavy atom. The van der Waals surface area contributed by atoms with E-state index in [4.69, 9.17) is 11.6 Å². The minimum atomic E-state index is -0.760. The highest BCUT2D eigenvalue weighted by atomic mass is 35.5. The number of carbonyl (C=O) groups is 3. The SMILES string of the molecule is Cc1c(Cl)cccc1NC(=O)CNC(=O)CN1C[C@@H]2CCC[C@@]2(C(=O)O)C1.Cl. The summed E-state index contributed by atoms with van der Waals surface area (Å²) < 4.78 is 0. The summed E-state index contributed by atoms with van der Waals surface area (Å²) in [6.45, 7) is 2.78. The Labute approximate surface area is 175 Å². The maximum Gasteiger partial charge on any atom is 0.311 e. The van der Waals surface area contributed by atoms with Crippen molar-refractivity contribution < 1.29 is 19.5 Å². The molecule has 1 saturated heterocycles. The molecule has 1 saturated carbocycles. The number of nitrogens with one attached hydrogen (secondary N) is 2. The molecule has 7 nitrogen and oxygen atoms in total. The molecule has 0 unspecified atom stereocenters. The van der Waals surface area contributed by atoms with Crippen LogP contribution < -0.4 is 10.6 Å². The van der Waals surface area contributed by atoms with Gasteiger partial charge in [-0.05, 0) is 43.4 Å². The molecule has 154 valence electrons. The zero-order valence-electron chi connectivity index (χ0n) is 15.7. The second kappa shape index (κ2) is 9.11. The number of carboxylic acid groups (broad SMARTS) is 1. The number of carboxylic acids is 1. The monoisotopic (exact) mass is 429 g/mol. The average molecular weight is 430 g/mol. The molecule has 2 amide bonds. The summed E-state index contributed by atoms with van der Waals surface area (Å²) in [5, 5.41) is 15.5. The second-order valence-electron chi connectivity index (χ2n) is 7.46. The van der Waals surface area contributed by atoms with Crippen LogP contribution in [0.4, 0.5) is 5.69 Å². The Kier molecular flexibility index (Phi) is 7.31. The van der Waals surface area contributed by atoms with Crippen LogP contribution in [0.25, 0.3) is 0 Å². The Balaban J connectivity index is 0.00000280. The molecule has 1 aliphatic heterocycles. The number of likely N-dealkylation sites (tertiary alicyclic amines) is 1. The fourth-order valence-electron chi connectivity index (χ4n) is 4.24. The van der Waals surface area contributed by atoms with Gasteiger partial charge in [0.2, 0.25) is 11.8 Å². The topological polar surface area (TPSA) is 98.7 Å². The number of hydrogen-bond acceptors (Lipinski definition) is 4. The molecule has 2 aliphatic rings. The van der Waals surface area contributed by atoms with Gasteiger partial charge in [0.1, 0.15) is 0 Å². The fourth-order valence-corrected chi connectivity index (χ4v) is 4.41. The van der Waals surface area contributed by atoms with Gasteiger partial charge in [0, 0.05) is 23.8 Å². The number of anilines is 1.